The van der Waals surface area contributed by atoms with Crippen LogP contribution in [0, 0.1) is 11.6 Å². The summed E-state index contributed by atoms with van der Waals surface area (Å²) in [4.78, 5) is 0.0678. The lowest BCUT2D eigenvalue weighted by Crippen LogP contribution is -1.97. The van der Waals surface area contributed by atoms with Gasteiger partial charge in [0.15, 0.2) is 11.6 Å². The van der Waals surface area contributed by atoms with E-state index in [0.717, 1.165) is 29.9 Å². The Morgan fingerprint density at radius 2 is 1.95 bits per heavy atom. The maximum atomic E-state index is 13.2. The molecule has 0 fully saturated rings. The van der Waals surface area contributed by atoms with Gasteiger partial charge in [-0.3, -0.25) is 0 Å². The van der Waals surface area contributed by atoms with E-state index in [9.17, 15) is 8.78 Å². The molecule has 4 heteroatoms. The Labute approximate surface area is 124 Å². The fourth-order valence-electron chi connectivity index (χ4n) is 2.39. The highest BCUT2D eigenvalue weighted by molar-refractivity contribution is 9.09. The molecule has 1 aliphatic rings. The Morgan fingerprint density at radius 1 is 1.10 bits per heavy atom. The summed E-state index contributed by atoms with van der Waals surface area (Å²) in [5, 5.41) is 0. The molecule has 20 heavy (non-hydrogen) atoms. The second-order valence-corrected chi connectivity index (χ2v) is 5.99. The van der Waals surface area contributed by atoms with Gasteiger partial charge >= 0.3 is 0 Å². The molecule has 1 heterocycles. The standard InChI is InChI=1S/C16H13BrF2O/c17-13(7-10-1-3-14(18)15(19)8-10)11-2-4-16-12(9-11)5-6-20-16/h1-4,8-9,13H,5-7H2. The monoisotopic (exact) mass is 338 g/mol. The molecule has 0 saturated carbocycles. The molecule has 1 nitrogen and oxygen atoms in total. The number of hydrogen-bond donors (Lipinski definition) is 0. The van der Waals surface area contributed by atoms with Crippen LogP contribution in [0.3, 0.4) is 0 Å². The molecule has 104 valence electrons. The molecule has 0 bridgehead atoms. The van der Waals surface area contributed by atoms with Crippen molar-refractivity contribution in [2.24, 2.45) is 0 Å². The Morgan fingerprint density at radius 3 is 2.75 bits per heavy atom. The molecule has 0 amide bonds. The van der Waals surface area contributed by atoms with E-state index in [1.54, 1.807) is 6.07 Å². The normalized spacial score (nSPS) is 14.8. The Balaban J connectivity index is 1.78. The number of hydrogen-bond acceptors (Lipinski definition) is 1. The van der Waals surface area contributed by atoms with Gasteiger partial charge in [0.2, 0.25) is 0 Å². The minimum absolute atomic E-state index is 0.0678. The lowest BCUT2D eigenvalue weighted by atomic mass is 10.0. The van der Waals surface area contributed by atoms with Gasteiger partial charge in [0.1, 0.15) is 5.75 Å². The van der Waals surface area contributed by atoms with Crippen LogP contribution in [-0.2, 0) is 12.8 Å². The van der Waals surface area contributed by atoms with Crippen LogP contribution >= 0.6 is 15.9 Å². The van der Waals surface area contributed by atoms with Crippen molar-refractivity contribution in [3.05, 3.63) is 64.7 Å². The third kappa shape index (κ3) is 2.70. The van der Waals surface area contributed by atoms with Crippen LogP contribution in [0.15, 0.2) is 36.4 Å². The van der Waals surface area contributed by atoms with Gasteiger partial charge in [-0.05, 0) is 41.3 Å². The molecule has 0 aromatic heterocycles. The van der Waals surface area contributed by atoms with Gasteiger partial charge in [-0.2, -0.15) is 0 Å². The van der Waals surface area contributed by atoms with Crippen molar-refractivity contribution in [3.63, 3.8) is 0 Å². The minimum atomic E-state index is -0.811. The van der Waals surface area contributed by atoms with Crippen molar-refractivity contribution >= 4 is 15.9 Å². The molecular weight excluding hydrogens is 326 g/mol. The molecule has 2 aromatic rings. The van der Waals surface area contributed by atoms with E-state index in [-0.39, 0.29) is 4.83 Å². The number of benzene rings is 2. The third-order valence-electron chi connectivity index (χ3n) is 3.47. The zero-order valence-electron chi connectivity index (χ0n) is 10.7. The van der Waals surface area contributed by atoms with Gasteiger partial charge < -0.3 is 4.74 Å². The van der Waals surface area contributed by atoms with E-state index in [1.807, 2.05) is 12.1 Å². The third-order valence-corrected chi connectivity index (χ3v) is 4.33. The highest BCUT2D eigenvalue weighted by Gasteiger charge is 2.16. The van der Waals surface area contributed by atoms with E-state index in [4.69, 9.17) is 4.74 Å². The van der Waals surface area contributed by atoms with Crippen LogP contribution in [-0.4, -0.2) is 6.61 Å². The van der Waals surface area contributed by atoms with Crippen LogP contribution in [0.5, 0.6) is 5.75 Å². The average Bonchev–Trinajstić information content (AvgIpc) is 2.90. The Kier molecular flexibility index (Phi) is 3.74. The fourth-order valence-corrected chi connectivity index (χ4v) is 3.05. The van der Waals surface area contributed by atoms with Gasteiger partial charge in [0.05, 0.1) is 6.61 Å². The van der Waals surface area contributed by atoms with Crippen LogP contribution in [0.4, 0.5) is 8.78 Å². The van der Waals surface area contributed by atoms with E-state index in [2.05, 4.69) is 22.0 Å². The van der Waals surface area contributed by atoms with Crippen molar-refractivity contribution in [2.45, 2.75) is 17.7 Å². The summed E-state index contributed by atoms with van der Waals surface area (Å²) in [7, 11) is 0. The summed E-state index contributed by atoms with van der Waals surface area (Å²) in [6, 6.07) is 10.1. The number of rotatable bonds is 3. The van der Waals surface area contributed by atoms with Crippen LogP contribution in [0.25, 0.3) is 0 Å². The van der Waals surface area contributed by atoms with Crippen molar-refractivity contribution in [1.29, 1.82) is 0 Å². The molecule has 1 unspecified atom stereocenters. The van der Waals surface area contributed by atoms with Crippen molar-refractivity contribution in [2.75, 3.05) is 6.61 Å². The van der Waals surface area contributed by atoms with E-state index in [0.29, 0.717) is 6.42 Å². The van der Waals surface area contributed by atoms with Crippen LogP contribution < -0.4 is 4.74 Å². The topological polar surface area (TPSA) is 9.23 Å². The van der Waals surface area contributed by atoms with E-state index >= 15 is 0 Å². The second-order valence-electron chi connectivity index (χ2n) is 4.89. The summed E-state index contributed by atoms with van der Waals surface area (Å²) < 4.78 is 31.6. The number of halogens is 3. The molecule has 2 aromatic carbocycles. The van der Waals surface area contributed by atoms with Gasteiger partial charge in [-0.25, -0.2) is 8.78 Å². The lowest BCUT2D eigenvalue weighted by molar-refractivity contribution is 0.357. The zero-order chi connectivity index (χ0) is 14.1. The van der Waals surface area contributed by atoms with Gasteiger partial charge in [-0.15, -0.1) is 0 Å². The molecule has 0 saturated heterocycles. The Hall–Kier alpha value is -1.42. The van der Waals surface area contributed by atoms with Gasteiger partial charge in [-0.1, -0.05) is 34.1 Å². The van der Waals surface area contributed by atoms with Gasteiger partial charge in [0.25, 0.3) is 0 Å². The van der Waals surface area contributed by atoms with Crippen LogP contribution in [0.1, 0.15) is 21.5 Å². The predicted molar refractivity (Wildman–Crippen MR) is 77.4 cm³/mol. The Bertz CT molecular complexity index is 642. The molecule has 3 rings (SSSR count). The number of alkyl halides is 1. The molecule has 1 aliphatic heterocycles. The van der Waals surface area contributed by atoms with Gasteiger partial charge in [0, 0.05) is 11.2 Å². The summed E-state index contributed by atoms with van der Waals surface area (Å²) in [6.07, 6.45) is 1.53. The fraction of sp³-hybridized carbons (Fsp3) is 0.250. The van der Waals surface area contributed by atoms with E-state index in [1.165, 1.54) is 17.7 Å². The molecular formula is C16H13BrF2O. The number of ether oxygens (including phenoxy) is 1. The number of fused-ring (bicyclic) bond motifs is 1. The SMILES string of the molecule is Fc1ccc(CC(Br)c2ccc3c(c2)CCO3)cc1F. The maximum Gasteiger partial charge on any atom is 0.159 e. The summed E-state index contributed by atoms with van der Waals surface area (Å²) >= 11 is 3.62. The maximum absolute atomic E-state index is 13.2. The first-order valence-corrected chi connectivity index (χ1v) is 7.38. The first-order chi connectivity index (χ1) is 9.63. The predicted octanol–water partition coefficient (Wildman–Crippen LogP) is 4.58. The molecule has 0 aliphatic carbocycles. The van der Waals surface area contributed by atoms with Crippen molar-refractivity contribution in [1.82, 2.24) is 0 Å². The first kappa shape index (κ1) is 13.6. The molecule has 0 spiro atoms. The zero-order valence-corrected chi connectivity index (χ0v) is 12.3. The lowest BCUT2D eigenvalue weighted by Gasteiger charge is -2.12. The first-order valence-electron chi connectivity index (χ1n) is 6.47. The molecule has 0 N–H and O–H groups in total. The largest absolute Gasteiger partial charge is 0.493 e. The summed E-state index contributed by atoms with van der Waals surface area (Å²) in [6.45, 7) is 0.731. The van der Waals surface area contributed by atoms with Crippen molar-refractivity contribution < 1.29 is 13.5 Å². The quantitative estimate of drug-likeness (QED) is 0.744. The summed E-state index contributed by atoms with van der Waals surface area (Å²) in [5.41, 5.74) is 3.10. The highest BCUT2D eigenvalue weighted by Crippen LogP contribution is 2.33. The van der Waals surface area contributed by atoms with Crippen molar-refractivity contribution in [3.8, 4) is 5.75 Å². The molecule has 0 radical (unpaired) electrons. The average molecular weight is 339 g/mol. The second kappa shape index (κ2) is 5.52. The van der Waals surface area contributed by atoms with Crippen LogP contribution in [0.2, 0.25) is 0 Å². The molecule has 1 atom stereocenters. The smallest absolute Gasteiger partial charge is 0.159 e. The minimum Gasteiger partial charge on any atom is -0.493 e. The highest BCUT2D eigenvalue weighted by atomic mass is 79.9. The van der Waals surface area contributed by atoms with E-state index < -0.39 is 11.6 Å². The summed E-state index contributed by atoms with van der Waals surface area (Å²) in [5.74, 6) is -0.666.